The number of nitro benzene ring substituents is 1. The van der Waals surface area contributed by atoms with Crippen molar-refractivity contribution in [3.63, 3.8) is 0 Å². The fourth-order valence-electron chi connectivity index (χ4n) is 2.41. The largest absolute Gasteiger partial charge is 0.372 e. The van der Waals surface area contributed by atoms with E-state index in [4.69, 9.17) is 0 Å². The lowest BCUT2D eigenvalue weighted by Gasteiger charge is -2.23. The van der Waals surface area contributed by atoms with E-state index in [1.807, 2.05) is 0 Å². The third kappa shape index (κ3) is 4.99. The molecule has 0 aliphatic carbocycles. The molecule has 0 aliphatic rings. The fourth-order valence-corrected chi connectivity index (χ4v) is 3.22. The van der Waals surface area contributed by atoms with Crippen LogP contribution in [0.2, 0.25) is 0 Å². The maximum atomic E-state index is 10.7. The molecular weight excluding hydrogens is 308 g/mol. The Morgan fingerprint density at radius 1 is 0.913 bits per heavy atom. The summed E-state index contributed by atoms with van der Waals surface area (Å²) in [5.41, 5.74) is 1.38. The van der Waals surface area contributed by atoms with Crippen LogP contribution in [0.3, 0.4) is 0 Å². The molecule has 0 heterocycles. The number of hydrogen-bond acceptors (Lipinski definition) is 4. The van der Waals surface area contributed by atoms with Gasteiger partial charge in [-0.15, -0.1) is 0 Å². The van der Waals surface area contributed by atoms with Crippen molar-refractivity contribution in [2.24, 2.45) is 0 Å². The normalized spacial score (nSPS) is 10.5. The number of benzene rings is 2. The number of nitrogens with zero attached hydrogens (tertiary/aromatic N) is 2. The molecule has 0 amide bonds. The van der Waals surface area contributed by atoms with E-state index in [1.54, 1.807) is 36.0 Å². The molecular formula is C18H22N2O2S. The van der Waals surface area contributed by atoms with Gasteiger partial charge in [-0.05, 0) is 49.2 Å². The summed E-state index contributed by atoms with van der Waals surface area (Å²) in [6, 6.07) is 15.2. The molecule has 2 aromatic carbocycles. The highest BCUT2D eigenvalue weighted by atomic mass is 32.2. The van der Waals surface area contributed by atoms with Crippen LogP contribution in [-0.2, 0) is 0 Å². The van der Waals surface area contributed by atoms with E-state index in [0.717, 1.165) is 35.7 Å². The van der Waals surface area contributed by atoms with Gasteiger partial charge in [0.05, 0.1) is 4.92 Å². The smallest absolute Gasteiger partial charge is 0.269 e. The monoisotopic (exact) mass is 330 g/mol. The maximum absolute atomic E-state index is 10.7. The Bertz CT molecular complexity index is 620. The van der Waals surface area contributed by atoms with Gasteiger partial charge in [-0.2, -0.15) is 0 Å². The van der Waals surface area contributed by atoms with Crippen LogP contribution in [0.4, 0.5) is 11.4 Å². The van der Waals surface area contributed by atoms with Crippen LogP contribution in [0.25, 0.3) is 0 Å². The van der Waals surface area contributed by atoms with Crippen LogP contribution < -0.4 is 4.90 Å². The van der Waals surface area contributed by atoms with Crippen molar-refractivity contribution in [1.82, 2.24) is 0 Å². The van der Waals surface area contributed by atoms with E-state index in [1.165, 1.54) is 5.69 Å². The van der Waals surface area contributed by atoms with Crippen molar-refractivity contribution >= 4 is 23.1 Å². The Hall–Kier alpha value is -2.01. The second-order valence-electron chi connectivity index (χ2n) is 5.33. The second-order valence-corrected chi connectivity index (χ2v) is 6.48. The molecule has 2 rings (SSSR count). The van der Waals surface area contributed by atoms with E-state index in [2.05, 4.69) is 43.0 Å². The van der Waals surface area contributed by atoms with Gasteiger partial charge in [0, 0.05) is 40.7 Å². The fraction of sp³-hybridized carbons (Fsp3) is 0.333. The third-order valence-corrected chi connectivity index (χ3v) is 4.49. The third-order valence-electron chi connectivity index (χ3n) is 3.47. The molecule has 0 radical (unpaired) electrons. The molecule has 0 fully saturated rings. The molecule has 0 unspecified atom stereocenters. The predicted molar refractivity (Wildman–Crippen MR) is 96.5 cm³/mol. The molecule has 4 nitrogen and oxygen atoms in total. The van der Waals surface area contributed by atoms with Gasteiger partial charge < -0.3 is 4.90 Å². The van der Waals surface area contributed by atoms with Gasteiger partial charge in [-0.1, -0.05) is 25.6 Å². The quantitative estimate of drug-likeness (QED) is 0.482. The van der Waals surface area contributed by atoms with Gasteiger partial charge in [0.15, 0.2) is 0 Å². The summed E-state index contributed by atoms with van der Waals surface area (Å²) in [4.78, 5) is 14.8. The lowest BCUT2D eigenvalue weighted by molar-refractivity contribution is -0.384. The van der Waals surface area contributed by atoms with Crippen molar-refractivity contribution in [2.75, 3.05) is 18.0 Å². The first kappa shape index (κ1) is 17.3. The Kier molecular flexibility index (Phi) is 6.47. The number of nitro groups is 1. The molecule has 0 saturated heterocycles. The minimum atomic E-state index is -0.376. The van der Waals surface area contributed by atoms with E-state index in [0.29, 0.717) is 0 Å². The highest BCUT2D eigenvalue weighted by Crippen LogP contribution is 2.30. The van der Waals surface area contributed by atoms with Crippen molar-refractivity contribution in [1.29, 1.82) is 0 Å². The van der Waals surface area contributed by atoms with Gasteiger partial charge in [0.1, 0.15) is 0 Å². The summed E-state index contributed by atoms with van der Waals surface area (Å²) in [5, 5.41) is 10.7. The van der Waals surface area contributed by atoms with Crippen LogP contribution in [0.1, 0.15) is 26.7 Å². The van der Waals surface area contributed by atoms with Crippen molar-refractivity contribution < 1.29 is 4.92 Å². The Morgan fingerprint density at radius 2 is 1.39 bits per heavy atom. The van der Waals surface area contributed by atoms with Crippen LogP contribution >= 0.6 is 11.8 Å². The zero-order valence-corrected chi connectivity index (χ0v) is 14.4. The lowest BCUT2D eigenvalue weighted by Crippen LogP contribution is -2.24. The average molecular weight is 330 g/mol. The summed E-state index contributed by atoms with van der Waals surface area (Å²) < 4.78 is 0. The minimum absolute atomic E-state index is 0.125. The van der Waals surface area contributed by atoms with Crippen LogP contribution in [0, 0.1) is 10.1 Å². The van der Waals surface area contributed by atoms with Gasteiger partial charge in [0.2, 0.25) is 0 Å². The second kappa shape index (κ2) is 8.58. The molecule has 0 atom stereocenters. The Labute approximate surface area is 141 Å². The average Bonchev–Trinajstić information content (AvgIpc) is 2.56. The first-order valence-electron chi connectivity index (χ1n) is 7.91. The van der Waals surface area contributed by atoms with Crippen LogP contribution in [0.15, 0.2) is 58.3 Å². The van der Waals surface area contributed by atoms with Crippen molar-refractivity contribution in [3.8, 4) is 0 Å². The molecule has 5 heteroatoms. The lowest BCUT2D eigenvalue weighted by atomic mass is 10.2. The van der Waals surface area contributed by atoms with Gasteiger partial charge in [-0.25, -0.2) is 0 Å². The maximum Gasteiger partial charge on any atom is 0.269 e. The van der Waals surface area contributed by atoms with E-state index >= 15 is 0 Å². The summed E-state index contributed by atoms with van der Waals surface area (Å²) >= 11 is 1.61. The van der Waals surface area contributed by atoms with Gasteiger partial charge in [-0.3, -0.25) is 10.1 Å². The molecule has 0 N–H and O–H groups in total. The van der Waals surface area contributed by atoms with Gasteiger partial charge >= 0.3 is 0 Å². The molecule has 0 spiro atoms. The first-order valence-corrected chi connectivity index (χ1v) is 8.73. The SMILES string of the molecule is CCCN(CCC)c1ccc(Sc2ccc([N+](=O)[O-])cc2)cc1. The standard InChI is InChI=1S/C18H22N2O2S/c1-3-13-19(14-4-2)15-5-9-17(10-6-15)23-18-11-7-16(8-12-18)20(21)22/h5-12H,3-4,13-14H2,1-2H3. The van der Waals surface area contributed by atoms with Crippen molar-refractivity contribution in [2.45, 2.75) is 36.5 Å². The molecule has 23 heavy (non-hydrogen) atoms. The van der Waals surface area contributed by atoms with E-state index in [-0.39, 0.29) is 10.6 Å². The number of rotatable bonds is 8. The molecule has 2 aromatic rings. The number of non-ortho nitro benzene ring substituents is 1. The molecule has 122 valence electrons. The highest BCUT2D eigenvalue weighted by molar-refractivity contribution is 7.99. The molecule has 0 saturated carbocycles. The van der Waals surface area contributed by atoms with Crippen LogP contribution in [-0.4, -0.2) is 18.0 Å². The number of hydrogen-bond donors (Lipinski definition) is 0. The molecule has 0 aromatic heterocycles. The van der Waals surface area contributed by atoms with Gasteiger partial charge in [0.25, 0.3) is 5.69 Å². The molecule has 0 aliphatic heterocycles. The number of anilines is 1. The van der Waals surface area contributed by atoms with Crippen LogP contribution in [0.5, 0.6) is 0 Å². The molecule has 0 bridgehead atoms. The highest BCUT2D eigenvalue weighted by Gasteiger charge is 2.07. The predicted octanol–water partition coefficient (Wildman–Crippen LogP) is 5.37. The first-order chi connectivity index (χ1) is 11.1. The zero-order chi connectivity index (χ0) is 16.7. The Morgan fingerprint density at radius 3 is 1.83 bits per heavy atom. The summed E-state index contributed by atoms with van der Waals surface area (Å²) in [7, 11) is 0. The zero-order valence-electron chi connectivity index (χ0n) is 13.6. The van der Waals surface area contributed by atoms with E-state index < -0.39 is 0 Å². The summed E-state index contributed by atoms with van der Waals surface area (Å²) in [5.74, 6) is 0. The minimum Gasteiger partial charge on any atom is -0.372 e. The van der Waals surface area contributed by atoms with Crippen molar-refractivity contribution in [3.05, 3.63) is 58.6 Å². The Balaban J connectivity index is 2.05. The summed E-state index contributed by atoms with van der Waals surface area (Å²) in [6.45, 7) is 6.54. The topological polar surface area (TPSA) is 46.4 Å². The van der Waals surface area contributed by atoms with E-state index in [9.17, 15) is 10.1 Å². The summed E-state index contributed by atoms with van der Waals surface area (Å²) in [6.07, 6.45) is 2.28.